The molecule has 6 rings (SSSR count). The Morgan fingerprint density at radius 2 is 1.74 bits per heavy atom. The maximum absolute atomic E-state index is 6.56. The lowest BCUT2D eigenvalue weighted by Gasteiger charge is -2.31. The van der Waals surface area contributed by atoms with Crippen molar-refractivity contribution in [2.45, 2.75) is 69.9 Å². The minimum atomic E-state index is 0.148. The fraction of sp³-hybridized carbons (Fsp3) is 0.571. The third-order valence-electron chi connectivity index (χ3n) is 7.85. The molecule has 0 bridgehead atoms. The zero-order valence-corrected chi connectivity index (χ0v) is 22.0. The Hall–Kier alpha value is -3.08. The van der Waals surface area contributed by atoms with E-state index in [0.29, 0.717) is 18.0 Å². The van der Waals surface area contributed by atoms with Crippen LogP contribution in [0.2, 0.25) is 0 Å². The van der Waals surface area contributed by atoms with Crippen molar-refractivity contribution in [3.63, 3.8) is 0 Å². The Balaban J connectivity index is 1.03. The van der Waals surface area contributed by atoms with E-state index < -0.39 is 0 Å². The summed E-state index contributed by atoms with van der Waals surface area (Å²) in [7, 11) is 0. The van der Waals surface area contributed by atoms with Crippen LogP contribution in [-0.4, -0.2) is 77.1 Å². The van der Waals surface area contributed by atoms with E-state index in [1.54, 1.807) is 12.4 Å². The third kappa shape index (κ3) is 5.98. The number of benzene rings is 1. The van der Waals surface area contributed by atoms with E-state index in [-0.39, 0.29) is 12.2 Å². The van der Waals surface area contributed by atoms with E-state index in [1.165, 1.54) is 0 Å². The molecule has 1 aliphatic carbocycles. The van der Waals surface area contributed by atoms with Gasteiger partial charge in [-0.1, -0.05) is 0 Å². The van der Waals surface area contributed by atoms with Crippen molar-refractivity contribution in [2.75, 3.05) is 43.1 Å². The molecule has 0 amide bonds. The van der Waals surface area contributed by atoms with Crippen LogP contribution in [0.15, 0.2) is 36.9 Å². The first kappa shape index (κ1) is 25.2. The van der Waals surface area contributed by atoms with Crippen molar-refractivity contribution in [3.8, 4) is 5.75 Å². The average molecular weight is 520 g/mol. The predicted octanol–water partition coefficient (Wildman–Crippen LogP) is 3.33. The summed E-state index contributed by atoms with van der Waals surface area (Å²) in [6.45, 7) is 6.93. The molecule has 2 aromatic heterocycles. The highest BCUT2D eigenvalue weighted by molar-refractivity contribution is 5.85. The zero-order chi connectivity index (χ0) is 25.7. The van der Waals surface area contributed by atoms with Crippen LogP contribution in [0.5, 0.6) is 5.75 Å². The second-order valence-electron chi connectivity index (χ2n) is 10.5. The molecule has 4 heterocycles. The number of nitrogens with zero attached hydrogens (tertiary/aromatic N) is 5. The quantitative estimate of drug-likeness (QED) is 0.460. The summed E-state index contributed by atoms with van der Waals surface area (Å²) in [5, 5.41) is 7.07. The molecule has 202 valence electrons. The fourth-order valence-corrected chi connectivity index (χ4v) is 5.58. The van der Waals surface area contributed by atoms with Gasteiger partial charge in [-0.3, -0.25) is 4.98 Å². The molecule has 3 aliphatic rings. The average Bonchev–Trinajstić information content (AvgIpc) is 3.38. The summed E-state index contributed by atoms with van der Waals surface area (Å²) in [4.78, 5) is 20.6. The maximum atomic E-state index is 6.56. The van der Waals surface area contributed by atoms with Crippen LogP contribution in [0, 0.1) is 0 Å². The molecule has 1 aromatic carbocycles. The van der Waals surface area contributed by atoms with Gasteiger partial charge in [0.25, 0.3) is 0 Å². The van der Waals surface area contributed by atoms with Gasteiger partial charge in [-0.15, -0.1) is 0 Å². The number of fused-ring (bicyclic) bond motifs is 1. The molecule has 0 spiro atoms. The molecule has 0 radical (unpaired) electrons. The first-order valence-corrected chi connectivity index (χ1v) is 13.9. The maximum Gasteiger partial charge on any atom is 0.222 e. The number of morpholine rings is 1. The zero-order valence-electron chi connectivity index (χ0n) is 22.0. The number of nitrogens with one attached hydrogen (secondary N) is 2. The Bertz CT molecular complexity index is 1200. The van der Waals surface area contributed by atoms with Gasteiger partial charge in [-0.2, -0.15) is 0 Å². The predicted molar refractivity (Wildman–Crippen MR) is 146 cm³/mol. The Labute approximate surface area is 223 Å². The van der Waals surface area contributed by atoms with Crippen LogP contribution >= 0.6 is 0 Å². The molecule has 38 heavy (non-hydrogen) atoms. The SMILES string of the molecule is CC1OCCC1NCc1cnc(NC2CCC(Oc3cc(N4CCOCC4)cc4nccnc34)CC2)nc1. The van der Waals surface area contributed by atoms with Gasteiger partial charge < -0.3 is 29.7 Å². The third-order valence-corrected chi connectivity index (χ3v) is 7.85. The van der Waals surface area contributed by atoms with Gasteiger partial charge in [-0.25, -0.2) is 15.0 Å². The monoisotopic (exact) mass is 519 g/mol. The summed E-state index contributed by atoms with van der Waals surface area (Å²) >= 11 is 0. The number of hydrogen-bond acceptors (Lipinski definition) is 10. The van der Waals surface area contributed by atoms with E-state index in [4.69, 9.17) is 14.2 Å². The van der Waals surface area contributed by atoms with E-state index >= 15 is 0 Å². The van der Waals surface area contributed by atoms with Crippen molar-refractivity contribution < 1.29 is 14.2 Å². The van der Waals surface area contributed by atoms with Gasteiger partial charge >= 0.3 is 0 Å². The Morgan fingerprint density at radius 3 is 2.50 bits per heavy atom. The van der Waals surface area contributed by atoms with E-state index in [1.807, 2.05) is 12.4 Å². The molecule has 3 fully saturated rings. The number of anilines is 2. The van der Waals surface area contributed by atoms with Crippen molar-refractivity contribution in [1.29, 1.82) is 0 Å². The molecule has 2 unspecified atom stereocenters. The lowest BCUT2D eigenvalue weighted by atomic mass is 9.93. The second kappa shape index (κ2) is 11.8. The molecular formula is C28H37N7O3. The first-order chi connectivity index (χ1) is 18.7. The summed E-state index contributed by atoms with van der Waals surface area (Å²) in [6.07, 6.45) is 12.7. The summed E-state index contributed by atoms with van der Waals surface area (Å²) in [5.74, 6) is 1.51. The lowest BCUT2D eigenvalue weighted by molar-refractivity contribution is 0.113. The second-order valence-corrected chi connectivity index (χ2v) is 10.5. The van der Waals surface area contributed by atoms with E-state index in [9.17, 15) is 0 Å². The van der Waals surface area contributed by atoms with Crippen molar-refractivity contribution in [1.82, 2.24) is 25.3 Å². The number of ether oxygens (including phenoxy) is 3. The summed E-state index contributed by atoms with van der Waals surface area (Å²) in [6, 6.07) is 4.97. The number of aromatic nitrogens is 4. The highest BCUT2D eigenvalue weighted by Crippen LogP contribution is 2.33. The molecule has 10 heteroatoms. The number of rotatable bonds is 8. The molecule has 10 nitrogen and oxygen atoms in total. The van der Waals surface area contributed by atoms with E-state index in [0.717, 1.165) is 99.6 Å². The van der Waals surface area contributed by atoms with Gasteiger partial charge in [0.05, 0.1) is 30.9 Å². The van der Waals surface area contributed by atoms with Crippen LogP contribution < -0.4 is 20.3 Å². The first-order valence-electron chi connectivity index (χ1n) is 13.9. The van der Waals surface area contributed by atoms with Crippen LogP contribution in [-0.2, 0) is 16.0 Å². The highest BCUT2D eigenvalue weighted by atomic mass is 16.5. The van der Waals surface area contributed by atoms with Crippen molar-refractivity contribution >= 4 is 22.7 Å². The smallest absolute Gasteiger partial charge is 0.222 e. The van der Waals surface area contributed by atoms with Crippen LogP contribution in [0.25, 0.3) is 11.0 Å². The topological polar surface area (TPSA) is 107 Å². The van der Waals surface area contributed by atoms with Gasteiger partial charge in [0.2, 0.25) is 5.95 Å². The molecule has 2 atom stereocenters. The standard InChI is InChI=1S/C28H37N7O3/c1-19-24(6-11-37-19)31-16-20-17-32-28(33-18-20)34-21-2-4-23(5-3-21)38-26-15-22(35-9-12-36-13-10-35)14-25-27(26)30-8-7-29-25/h7-8,14-15,17-19,21,23-24,31H,2-6,9-13,16H2,1H3,(H,32,33,34). The number of hydrogen-bond donors (Lipinski definition) is 2. The van der Waals surface area contributed by atoms with Crippen LogP contribution in [0.3, 0.4) is 0 Å². The van der Waals surface area contributed by atoms with Gasteiger partial charge in [0.15, 0.2) is 0 Å². The molecule has 1 saturated carbocycles. The highest BCUT2D eigenvalue weighted by Gasteiger charge is 2.25. The van der Waals surface area contributed by atoms with Crippen molar-refractivity contribution in [2.24, 2.45) is 0 Å². The Morgan fingerprint density at radius 1 is 0.947 bits per heavy atom. The molecule has 2 N–H and O–H groups in total. The molecule has 3 aromatic rings. The normalized spacial score (nSPS) is 26.0. The molecular weight excluding hydrogens is 482 g/mol. The van der Waals surface area contributed by atoms with Crippen LogP contribution in [0.1, 0.15) is 44.6 Å². The van der Waals surface area contributed by atoms with Crippen LogP contribution in [0.4, 0.5) is 11.6 Å². The van der Waals surface area contributed by atoms with Crippen molar-refractivity contribution in [3.05, 3.63) is 42.5 Å². The van der Waals surface area contributed by atoms with Gasteiger partial charge in [0, 0.05) is 80.4 Å². The largest absolute Gasteiger partial charge is 0.488 e. The lowest BCUT2D eigenvalue weighted by Crippen LogP contribution is -2.36. The minimum Gasteiger partial charge on any atom is -0.488 e. The van der Waals surface area contributed by atoms with Gasteiger partial charge in [-0.05, 0) is 45.1 Å². The molecule has 2 aliphatic heterocycles. The fourth-order valence-electron chi connectivity index (χ4n) is 5.58. The van der Waals surface area contributed by atoms with Gasteiger partial charge in [0.1, 0.15) is 11.3 Å². The minimum absolute atomic E-state index is 0.148. The summed E-state index contributed by atoms with van der Waals surface area (Å²) < 4.78 is 17.7. The summed E-state index contributed by atoms with van der Waals surface area (Å²) in [5.41, 5.74) is 3.89. The van der Waals surface area contributed by atoms with E-state index in [2.05, 4.69) is 54.5 Å². The Kier molecular flexibility index (Phi) is 7.80. The molecule has 2 saturated heterocycles.